The maximum absolute atomic E-state index is 11.9. The summed E-state index contributed by atoms with van der Waals surface area (Å²) in [6, 6.07) is 13.9. The molecule has 2 aromatic carbocycles. The molecule has 128 valence electrons. The third-order valence-corrected chi connectivity index (χ3v) is 3.89. The summed E-state index contributed by atoms with van der Waals surface area (Å²) in [4.78, 5) is 11.9. The first-order valence-electron chi connectivity index (χ1n) is 8.10. The third kappa shape index (κ3) is 4.07. The average molecular weight is 335 g/mol. The van der Waals surface area contributed by atoms with Crippen LogP contribution in [-0.4, -0.2) is 23.3 Å². The summed E-state index contributed by atoms with van der Waals surface area (Å²) >= 11 is 0. The topological polar surface area (TPSA) is 55.6 Å². The standard InChI is InChI=1S/C20H21N3O2/c1-14-8-15(2)10-17(9-14)25-13-20(24)22-21-11-16-12-23(3)19-7-5-4-6-18(16)19/h4-12H,13H2,1-3H3,(H,22,24). The van der Waals surface area contributed by atoms with Crippen LogP contribution in [0.25, 0.3) is 10.9 Å². The molecular formula is C20H21N3O2. The fraction of sp³-hybridized carbons (Fsp3) is 0.200. The molecule has 0 radical (unpaired) electrons. The molecule has 0 saturated heterocycles. The second-order valence-corrected chi connectivity index (χ2v) is 6.12. The molecule has 0 atom stereocenters. The molecule has 5 nitrogen and oxygen atoms in total. The van der Waals surface area contributed by atoms with Crippen LogP contribution >= 0.6 is 0 Å². The number of carbonyl (C=O) groups is 1. The molecule has 1 heterocycles. The van der Waals surface area contributed by atoms with Crippen molar-refractivity contribution >= 4 is 23.0 Å². The molecule has 3 aromatic rings. The van der Waals surface area contributed by atoms with Crippen LogP contribution in [0, 0.1) is 13.8 Å². The Morgan fingerprint density at radius 1 is 1.20 bits per heavy atom. The number of benzene rings is 2. The van der Waals surface area contributed by atoms with Crippen LogP contribution in [0.1, 0.15) is 16.7 Å². The summed E-state index contributed by atoms with van der Waals surface area (Å²) < 4.78 is 7.55. The molecule has 1 amide bonds. The fourth-order valence-electron chi connectivity index (χ4n) is 2.85. The van der Waals surface area contributed by atoms with Gasteiger partial charge >= 0.3 is 0 Å². The van der Waals surface area contributed by atoms with E-state index in [1.807, 2.05) is 68.1 Å². The van der Waals surface area contributed by atoms with Gasteiger partial charge in [0.25, 0.3) is 5.91 Å². The molecule has 0 spiro atoms. The highest BCUT2D eigenvalue weighted by atomic mass is 16.5. The Labute approximate surface area is 146 Å². The smallest absolute Gasteiger partial charge is 0.277 e. The summed E-state index contributed by atoms with van der Waals surface area (Å²) in [6.45, 7) is 3.92. The van der Waals surface area contributed by atoms with E-state index in [1.54, 1.807) is 6.21 Å². The maximum atomic E-state index is 11.9. The normalized spacial score (nSPS) is 11.2. The Hall–Kier alpha value is -3.08. The number of amides is 1. The molecule has 1 N–H and O–H groups in total. The zero-order valence-electron chi connectivity index (χ0n) is 14.6. The van der Waals surface area contributed by atoms with E-state index in [0.717, 1.165) is 27.6 Å². The molecule has 0 aliphatic rings. The van der Waals surface area contributed by atoms with Gasteiger partial charge in [0, 0.05) is 29.7 Å². The van der Waals surface area contributed by atoms with Crippen molar-refractivity contribution in [2.75, 3.05) is 6.61 Å². The fourth-order valence-corrected chi connectivity index (χ4v) is 2.85. The van der Waals surface area contributed by atoms with E-state index in [1.165, 1.54) is 0 Å². The highest BCUT2D eigenvalue weighted by Gasteiger charge is 2.05. The maximum Gasteiger partial charge on any atom is 0.277 e. The number of ether oxygens (including phenoxy) is 1. The van der Waals surface area contributed by atoms with Crippen LogP contribution in [-0.2, 0) is 11.8 Å². The van der Waals surface area contributed by atoms with E-state index in [9.17, 15) is 4.79 Å². The van der Waals surface area contributed by atoms with Gasteiger partial charge in [-0.25, -0.2) is 5.43 Å². The van der Waals surface area contributed by atoms with Crippen molar-refractivity contribution in [1.82, 2.24) is 9.99 Å². The molecule has 0 bridgehead atoms. The predicted molar refractivity (Wildman–Crippen MR) is 100 cm³/mol. The van der Waals surface area contributed by atoms with Crippen molar-refractivity contribution in [1.29, 1.82) is 0 Å². The van der Waals surface area contributed by atoms with Crippen LogP contribution in [0.5, 0.6) is 5.75 Å². The molecule has 3 rings (SSSR count). The predicted octanol–water partition coefficient (Wildman–Crippen LogP) is 3.32. The molecule has 0 aliphatic heterocycles. The van der Waals surface area contributed by atoms with Gasteiger partial charge in [-0.1, -0.05) is 24.3 Å². The lowest BCUT2D eigenvalue weighted by molar-refractivity contribution is -0.123. The summed E-state index contributed by atoms with van der Waals surface area (Å²) in [5.74, 6) is 0.390. The van der Waals surface area contributed by atoms with E-state index < -0.39 is 0 Å². The average Bonchev–Trinajstić information content (AvgIpc) is 2.89. The van der Waals surface area contributed by atoms with Gasteiger partial charge in [-0.3, -0.25) is 4.79 Å². The van der Waals surface area contributed by atoms with E-state index in [-0.39, 0.29) is 12.5 Å². The van der Waals surface area contributed by atoms with Gasteiger partial charge < -0.3 is 9.30 Å². The molecule has 0 saturated carbocycles. The number of rotatable bonds is 5. The lowest BCUT2D eigenvalue weighted by Crippen LogP contribution is -2.24. The lowest BCUT2D eigenvalue weighted by Gasteiger charge is -2.07. The van der Waals surface area contributed by atoms with Gasteiger partial charge in [0.1, 0.15) is 5.75 Å². The number of para-hydroxylation sites is 1. The second kappa shape index (κ2) is 7.21. The van der Waals surface area contributed by atoms with E-state index in [0.29, 0.717) is 5.75 Å². The molecule has 25 heavy (non-hydrogen) atoms. The van der Waals surface area contributed by atoms with Crippen LogP contribution < -0.4 is 10.2 Å². The van der Waals surface area contributed by atoms with Gasteiger partial charge in [-0.05, 0) is 43.2 Å². The summed E-state index contributed by atoms with van der Waals surface area (Å²) in [5.41, 5.74) is 6.77. The minimum atomic E-state index is -0.296. The number of hydrogen-bond donors (Lipinski definition) is 1. The van der Waals surface area contributed by atoms with Crippen LogP contribution in [0.2, 0.25) is 0 Å². The lowest BCUT2D eigenvalue weighted by atomic mass is 10.1. The molecule has 0 unspecified atom stereocenters. The van der Waals surface area contributed by atoms with Crippen molar-refractivity contribution in [3.8, 4) is 5.75 Å². The van der Waals surface area contributed by atoms with Gasteiger partial charge in [0.2, 0.25) is 0 Å². The van der Waals surface area contributed by atoms with E-state index >= 15 is 0 Å². The number of nitrogens with zero attached hydrogens (tertiary/aromatic N) is 2. The zero-order valence-corrected chi connectivity index (χ0v) is 14.6. The number of hydrazone groups is 1. The minimum absolute atomic E-state index is 0.0736. The van der Waals surface area contributed by atoms with Gasteiger partial charge in [-0.15, -0.1) is 0 Å². The number of aromatic nitrogens is 1. The number of nitrogens with one attached hydrogen (secondary N) is 1. The quantitative estimate of drug-likeness (QED) is 0.574. The zero-order chi connectivity index (χ0) is 17.8. The molecule has 0 fully saturated rings. The molecular weight excluding hydrogens is 314 g/mol. The monoisotopic (exact) mass is 335 g/mol. The SMILES string of the molecule is Cc1cc(C)cc(OCC(=O)NN=Cc2cn(C)c3ccccc23)c1. The number of aryl methyl sites for hydroxylation is 3. The Morgan fingerprint density at radius 3 is 2.68 bits per heavy atom. The highest BCUT2D eigenvalue weighted by molar-refractivity contribution is 5.99. The van der Waals surface area contributed by atoms with Crippen molar-refractivity contribution in [3.63, 3.8) is 0 Å². The summed E-state index contributed by atoms with van der Waals surface area (Å²) in [6.07, 6.45) is 3.63. The van der Waals surface area contributed by atoms with Gasteiger partial charge in [0.15, 0.2) is 6.61 Å². The second-order valence-electron chi connectivity index (χ2n) is 6.12. The first-order valence-corrected chi connectivity index (χ1v) is 8.10. The van der Waals surface area contributed by atoms with Crippen LogP contribution in [0.3, 0.4) is 0 Å². The Kier molecular flexibility index (Phi) is 4.84. The molecule has 5 heteroatoms. The number of carbonyl (C=O) groups excluding carboxylic acids is 1. The van der Waals surface area contributed by atoms with Crippen LogP contribution in [0.4, 0.5) is 0 Å². The van der Waals surface area contributed by atoms with Crippen molar-refractivity contribution in [2.45, 2.75) is 13.8 Å². The Balaban J connectivity index is 1.59. The number of hydrogen-bond acceptors (Lipinski definition) is 3. The Morgan fingerprint density at radius 2 is 1.92 bits per heavy atom. The molecule has 1 aromatic heterocycles. The number of fused-ring (bicyclic) bond motifs is 1. The third-order valence-electron chi connectivity index (χ3n) is 3.89. The molecule has 0 aliphatic carbocycles. The first-order chi connectivity index (χ1) is 12.0. The first kappa shape index (κ1) is 16.8. The van der Waals surface area contributed by atoms with Gasteiger partial charge in [0.05, 0.1) is 6.21 Å². The highest BCUT2D eigenvalue weighted by Crippen LogP contribution is 2.18. The van der Waals surface area contributed by atoms with Crippen molar-refractivity contribution in [3.05, 3.63) is 65.4 Å². The summed E-state index contributed by atoms with van der Waals surface area (Å²) in [5, 5.41) is 5.13. The summed E-state index contributed by atoms with van der Waals surface area (Å²) in [7, 11) is 1.98. The van der Waals surface area contributed by atoms with Crippen molar-refractivity contribution in [2.24, 2.45) is 12.1 Å². The van der Waals surface area contributed by atoms with E-state index in [4.69, 9.17) is 4.74 Å². The van der Waals surface area contributed by atoms with Gasteiger partial charge in [-0.2, -0.15) is 5.10 Å². The van der Waals surface area contributed by atoms with Crippen molar-refractivity contribution < 1.29 is 9.53 Å². The largest absolute Gasteiger partial charge is 0.484 e. The van der Waals surface area contributed by atoms with Crippen LogP contribution in [0.15, 0.2) is 53.8 Å². The minimum Gasteiger partial charge on any atom is -0.484 e. The Bertz CT molecular complexity index is 921. The van der Waals surface area contributed by atoms with E-state index in [2.05, 4.69) is 16.6 Å².